The van der Waals surface area contributed by atoms with Crippen LogP contribution >= 0.6 is 0 Å². The fourth-order valence-electron chi connectivity index (χ4n) is 3.47. The van der Waals surface area contributed by atoms with Crippen molar-refractivity contribution in [2.45, 2.75) is 26.3 Å². The molecule has 1 heterocycles. The van der Waals surface area contributed by atoms with Crippen molar-refractivity contribution in [1.29, 1.82) is 0 Å². The van der Waals surface area contributed by atoms with E-state index in [-0.39, 0.29) is 11.3 Å². The van der Waals surface area contributed by atoms with Crippen molar-refractivity contribution in [3.8, 4) is 0 Å². The third-order valence-electron chi connectivity index (χ3n) is 4.78. The van der Waals surface area contributed by atoms with Gasteiger partial charge in [-0.2, -0.15) is 0 Å². The largest absolute Gasteiger partial charge is 0.383 e. The summed E-state index contributed by atoms with van der Waals surface area (Å²) in [5, 5.41) is 3.01. The summed E-state index contributed by atoms with van der Waals surface area (Å²) in [5.41, 5.74) is 2.24. The highest BCUT2D eigenvalue weighted by molar-refractivity contribution is 5.82. The van der Waals surface area contributed by atoms with E-state index >= 15 is 0 Å². The lowest BCUT2D eigenvalue weighted by atomic mass is 9.80. The summed E-state index contributed by atoms with van der Waals surface area (Å²) < 4.78 is 5.02. The summed E-state index contributed by atoms with van der Waals surface area (Å²) in [6.45, 7) is 5.95. The molecule has 134 valence electrons. The number of carbonyl (C=O) groups is 1. The highest BCUT2D eigenvalue weighted by Crippen LogP contribution is 2.31. The number of likely N-dealkylation sites (tertiary alicyclic amines) is 1. The summed E-state index contributed by atoms with van der Waals surface area (Å²) >= 11 is 0. The van der Waals surface area contributed by atoms with E-state index in [1.54, 1.807) is 7.11 Å². The number of rotatable bonds is 7. The number of para-hydroxylation sites is 1. The summed E-state index contributed by atoms with van der Waals surface area (Å²) in [7, 11) is 5.79. The number of piperidine rings is 1. The van der Waals surface area contributed by atoms with Gasteiger partial charge in [0.15, 0.2) is 0 Å². The number of hydrogen-bond acceptors (Lipinski definition) is 4. The zero-order chi connectivity index (χ0) is 17.6. The Morgan fingerprint density at radius 1 is 1.38 bits per heavy atom. The number of benzene rings is 1. The topological polar surface area (TPSA) is 44.8 Å². The molecule has 0 aromatic heterocycles. The maximum Gasteiger partial charge on any atom is 0.227 e. The molecule has 5 heteroatoms. The molecular weight excluding hydrogens is 302 g/mol. The molecule has 1 N–H and O–H groups in total. The molecule has 0 bridgehead atoms. The SMILES string of the molecule is COCCNC(=O)C1(C)CCCN(Cc2ccccc2N(C)C)C1. The van der Waals surface area contributed by atoms with Crippen LogP contribution in [0.25, 0.3) is 0 Å². The standard InChI is InChI=1S/C19H31N3O2/c1-19(18(23)20-11-13-24-4)10-7-12-22(15-19)14-16-8-5-6-9-17(16)21(2)3/h5-6,8-9H,7,10-15H2,1-4H3,(H,20,23). The molecule has 1 fully saturated rings. The Bertz CT molecular complexity index is 547. The molecule has 1 aromatic carbocycles. The van der Waals surface area contributed by atoms with Crippen LogP contribution in [0.2, 0.25) is 0 Å². The number of methoxy groups -OCH3 is 1. The molecule has 1 atom stereocenters. The molecule has 5 nitrogen and oxygen atoms in total. The van der Waals surface area contributed by atoms with Crippen LogP contribution in [0.1, 0.15) is 25.3 Å². The van der Waals surface area contributed by atoms with Gasteiger partial charge >= 0.3 is 0 Å². The van der Waals surface area contributed by atoms with E-state index < -0.39 is 0 Å². The van der Waals surface area contributed by atoms with Gasteiger partial charge in [-0.05, 0) is 37.9 Å². The fourth-order valence-corrected chi connectivity index (χ4v) is 3.47. The lowest BCUT2D eigenvalue weighted by Gasteiger charge is -2.39. The zero-order valence-corrected chi connectivity index (χ0v) is 15.5. The number of hydrogen-bond donors (Lipinski definition) is 1. The molecule has 0 saturated carbocycles. The minimum Gasteiger partial charge on any atom is -0.383 e. The van der Waals surface area contributed by atoms with Crippen LogP contribution in [0.15, 0.2) is 24.3 Å². The van der Waals surface area contributed by atoms with Gasteiger partial charge in [-0.25, -0.2) is 0 Å². The Kier molecular flexibility index (Phi) is 6.63. The van der Waals surface area contributed by atoms with Gasteiger partial charge in [-0.1, -0.05) is 18.2 Å². The molecule has 1 unspecified atom stereocenters. The second-order valence-corrected chi connectivity index (χ2v) is 7.15. The molecule has 0 spiro atoms. The lowest BCUT2D eigenvalue weighted by molar-refractivity contribution is -0.133. The summed E-state index contributed by atoms with van der Waals surface area (Å²) in [4.78, 5) is 17.1. The normalized spacial score (nSPS) is 21.5. The number of nitrogens with zero attached hydrogens (tertiary/aromatic N) is 2. The van der Waals surface area contributed by atoms with Crippen molar-refractivity contribution in [2.24, 2.45) is 5.41 Å². The van der Waals surface area contributed by atoms with Gasteiger partial charge in [0.25, 0.3) is 0 Å². The first-order valence-corrected chi connectivity index (χ1v) is 8.71. The van der Waals surface area contributed by atoms with Crippen LogP contribution in [0.5, 0.6) is 0 Å². The number of ether oxygens (including phenoxy) is 1. The second kappa shape index (κ2) is 8.49. The average molecular weight is 333 g/mol. The average Bonchev–Trinajstić information content (AvgIpc) is 2.55. The smallest absolute Gasteiger partial charge is 0.227 e. The number of carbonyl (C=O) groups excluding carboxylic acids is 1. The maximum absolute atomic E-state index is 12.6. The van der Waals surface area contributed by atoms with E-state index in [0.29, 0.717) is 13.2 Å². The van der Waals surface area contributed by atoms with Gasteiger partial charge in [0, 0.05) is 46.5 Å². The van der Waals surface area contributed by atoms with Gasteiger partial charge in [0.05, 0.1) is 12.0 Å². The summed E-state index contributed by atoms with van der Waals surface area (Å²) in [5.74, 6) is 0.144. The molecular formula is C19H31N3O2. The van der Waals surface area contributed by atoms with Crippen molar-refractivity contribution in [3.05, 3.63) is 29.8 Å². The van der Waals surface area contributed by atoms with Gasteiger partial charge < -0.3 is 15.0 Å². The predicted molar refractivity (Wildman–Crippen MR) is 98.3 cm³/mol. The fraction of sp³-hybridized carbons (Fsp3) is 0.632. The van der Waals surface area contributed by atoms with Crippen LogP contribution in [0.3, 0.4) is 0 Å². The van der Waals surface area contributed by atoms with E-state index in [2.05, 4.69) is 60.4 Å². The van der Waals surface area contributed by atoms with Crippen LogP contribution < -0.4 is 10.2 Å². The van der Waals surface area contributed by atoms with Crippen LogP contribution in [-0.4, -0.2) is 58.3 Å². The first-order chi connectivity index (χ1) is 11.5. The molecule has 1 amide bonds. The molecule has 1 saturated heterocycles. The van der Waals surface area contributed by atoms with E-state index in [9.17, 15) is 4.79 Å². The van der Waals surface area contributed by atoms with Gasteiger partial charge in [0.2, 0.25) is 5.91 Å². The van der Waals surface area contributed by atoms with E-state index in [4.69, 9.17) is 4.74 Å². The van der Waals surface area contributed by atoms with Crippen LogP contribution in [0, 0.1) is 5.41 Å². The van der Waals surface area contributed by atoms with Crippen LogP contribution in [-0.2, 0) is 16.1 Å². The van der Waals surface area contributed by atoms with Gasteiger partial charge in [-0.15, -0.1) is 0 Å². The lowest BCUT2D eigenvalue weighted by Crippen LogP contribution is -2.50. The third-order valence-corrected chi connectivity index (χ3v) is 4.78. The Balaban J connectivity index is 2.01. The first-order valence-electron chi connectivity index (χ1n) is 8.71. The van der Waals surface area contributed by atoms with Crippen molar-refractivity contribution in [1.82, 2.24) is 10.2 Å². The minimum absolute atomic E-state index is 0.144. The first kappa shape index (κ1) is 18.7. The molecule has 1 aliphatic heterocycles. The molecule has 2 rings (SSSR count). The van der Waals surface area contributed by atoms with Crippen molar-refractivity contribution in [2.75, 3.05) is 52.3 Å². The van der Waals surface area contributed by atoms with E-state index in [0.717, 1.165) is 32.5 Å². The maximum atomic E-state index is 12.6. The highest BCUT2D eigenvalue weighted by atomic mass is 16.5. The van der Waals surface area contributed by atoms with E-state index in [1.807, 2.05) is 0 Å². The number of amides is 1. The quantitative estimate of drug-likeness (QED) is 0.777. The molecule has 24 heavy (non-hydrogen) atoms. The summed E-state index contributed by atoms with van der Waals surface area (Å²) in [6, 6.07) is 8.49. The van der Waals surface area contributed by atoms with E-state index in [1.165, 1.54) is 11.3 Å². The highest BCUT2D eigenvalue weighted by Gasteiger charge is 2.37. The molecule has 1 aromatic rings. The zero-order valence-electron chi connectivity index (χ0n) is 15.5. The number of nitrogens with one attached hydrogen (secondary N) is 1. The Morgan fingerprint density at radius 3 is 2.83 bits per heavy atom. The predicted octanol–water partition coefficient (Wildman–Crippen LogP) is 2.12. The third kappa shape index (κ3) is 4.71. The minimum atomic E-state index is -0.320. The van der Waals surface area contributed by atoms with Crippen LogP contribution in [0.4, 0.5) is 5.69 Å². The van der Waals surface area contributed by atoms with Gasteiger partial charge in [-0.3, -0.25) is 9.69 Å². The van der Waals surface area contributed by atoms with Crippen molar-refractivity contribution in [3.63, 3.8) is 0 Å². The summed E-state index contributed by atoms with van der Waals surface area (Å²) in [6.07, 6.45) is 2.00. The molecule has 1 aliphatic rings. The van der Waals surface area contributed by atoms with Crippen molar-refractivity contribution < 1.29 is 9.53 Å². The molecule has 0 radical (unpaired) electrons. The Labute approximate surface area is 146 Å². The monoisotopic (exact) mass is 333 g/mol. The van der Waals surface area contributed by atoms with Gasteiger partial charge in [0.1, 0.15) is 0 Å². The second-order valence-electron chi connectivity index (χ2n) is 7.15. The number of anilines is 1. The molecule has 0 aliphatic carbocycles. The van der Waals surface area contributed by atoms with Crippen molar-refractivity contribution >= 4 is 11.6 Å². The Hall–Kier alpha value is -1.59. The Morgan fingerprint density at radius 2 is 2.12 bits per heavy atom.